The maximum atomic E-state index is 11.1. The van der Waals surface area contributed by atoms with Gasteiger partial charge in [0.05, 0.1) is 11.8 Å². The average Bonchev–Trinajstić information content (AvgIpc) is 2.14. The Bertz CT molecular complexity index is 421. The fourth-order valence-electron chi connectivity index (χ4n) is 1.36. The number of rotatable bonds is 5. The summed E-state index contributed by atoms with van der Waals surface area (Å²) in [5.41, 5.74) is 0.635. The Morgan fingerprint density at radius 2 is 2.06 bits per heavy atom. The fourth-order valence-corrected chi connectivity index (χ4v) is 2.59. The molecule has 0 aliphatic heterocycles. The van der Waals surface area contributed by atoms with Crippen molar-refractivity contribution >= 4 is 17.7 Å². The van der Waals surface area contributed by atoms with Gasteiger partial charge in [-0.15, -0.1) is 11.8 Å². The van der Waals surface area contributed by atoms with Crippen LogP contribution in [0.4, 0.5) is 0 Å². The summed E-state index contributed by atoms with van der Waals surface area (Å²) in [6.45, 7) is 5.10. The molecule has 1 unspecified atom stereocenters. The zero-order valence-electron chi connectivity index (χ0n) is 10.1. The van der Waals surface area contributed by atoms with Gasteiger partial charge in [0.15, 0.2) is 0 Å². The summed E-state index contributed by atoms with van der Waals surface area (Å²) < 4.78 is 0. The Balaban J connectivity index is 2.92. The predicted octanol–water partition coefficient (Wildman–Crippen LogP) is 1.65. The third kappa shape index (κ3) is 3.98. The summed E-state index contributed by atoms with van der Waals surface area (Å²) in [6.07, 6.45) is 0.214. The quantitative estimate of drug-likeness (QED) is 0.615. The van der Waals surface area contributed by atoms with Gasteiger partial charge in [-0.2, -0.15) is 0 Å². The van der Waals surface area contributed by atoms with Crippen LogP contribution in [0.15, 0.2) is 5.03 Å². The van der Waals surface area contributed by atoms with Gasteiger partial charge >= 0.3 is 5.97 Å². The number of nitrogens with zero attached hydrogens (tertiary/aromatic N) is 2. The fraction of sp³-hybridized carbons (Fsp3) is 0.545. The van der Waals surface area contributed by atoms with Crippen molar-refractivity contribution in [2.75, 3.05) is 5.75 Å². The molecule has 0 saturated heterocycles. The minimum Gasteiger partial charge on any atom is -0.478 e. The minimum absolute atomic E-state index is 0.159. The normalized spacial score (nSPS) is 12.5. The smallest absolute Gasteiger partial charge is 0.340 e. The summed E-state index contributed by atoms with van der Waals surface area (Å²) in [5.74, 6) is 0.183. The first kappa shape index (κ1) is 13.9. The second-order valence-electron chi connectivity index (χ2n) is 3.83. The van der Waals surface area contributed by atoms with Crippen molar-refractivity contribution in [1.29, 1.82) is 0 Å². The summed E-state index contributed by atoms with van der Waals surface area (Å²) in [6, 6.07) is 0. The van der Waals surface area contributed by atoms with Crippen LogP contribution in [-0.4, -0.2) is 38.0 Å². The van der Waals surface area contributed by atoms with Gasteiger partial charge in [0, 0.05) is 5.75 Å². The first-order valence-corrected chi connectivity index (χ1v) is 6.29. The van der Waals surface area contributed by atoms with Crippen LogP contribution < -0.4 is 0 Å². The molecule has 1 rings (SSSR count). The molecule has 2 N–H and O–H groups in total. The van der Waals surface area contributed by atoms with Crippen LogP contribution in [0.1, 0.15) is 35.2 Å². The maximum absolute atomic E-state index is 11.1. The summed E-state index contributed by atoms with van der Waals surface area (Å²) in [7, 11) is 0. The van der Waals surface area contributed by atoms with Crippen LogP contribution in [-0.2, 0) is 0 Å². The number of carboxylic acid groups (broad SMARTS) is 1. The molecule has 0 aliphatic carbocycles. The lowest BCUT2D eigenvalue weighted by atomic mass is 10.2. The van der Waals surface area contributed by atoms with E-state index in [-0.39, 0.29) is 11.7 Å². The van der Waals surface area contributed by atoms with Gasteiger partial charge in [0.25, 0.3) is 0 Å². The number of hydrogen-bond acceptors (Lipinski definition) is 5. The molecule has 0 saturated carbocycles. The number of aliphatic hydroxyl groups excluding tert-OH is 1. The molecule has 6 heteroatoms. The Labute approximate surface area is 104 Å². The van der Waals surface area contributed by atoms with Crippen molar-refractivity contribution in [3.8, 4) is 0 Å². The van der Waals surface area contributed by atoms with E-state index in [1.807, 2.05) is 0 Å². The Morgan fingerprint density at radius 1 is 1.41 bits per heavy atom. The Kier molecular flexibility index (Phi) is 4.89. The van der Waals surface area contributed by atoms with E-state index in [0.29, 0.717) is 28.7 Å². The molecule has 0 aromatic carbocycles. The lowest BCUT2D eigenvalue weighted by molar-refractivity contribution is 0.0690. The zero-order valence-corrected chi connectivity index (χ0v) is 10.9. The van der Waals surface area contributed by atoms with Crippen LogP contribution in [0.25, 0.3) is 0 Å². The van der Waals surface area contributed by atoms with Gasteiger partial charge in [0.2, 0.25) is 0 Å². The van der Waals surface area contributed by atoms with Crippen LogP contribution in [0.3, 0.4) is 0 Å². The molecule has 0 spiro atoms. The van der Waals surface area contributed by atoms with Crippen molar-refractivity contribution in [1.82, 2.24) is 9.97 Å². The summed E-state index contributed by atoms with van der Waals surface area (Å²) in [4.78, 5) is 19.3. The topological polar surface area (TPSA) is 83.3 Å². The average molecular weight is 256 g/mol. The molecule has 0 aliphatic rings. The van der Waals surface area contributed by atoms with Crippen LogP contribution in [0.2, 0.25) is 0 Å². The molecule has 1 heterocycles. The number of aromatic nitrogens is 2. The number of hydrogen-bond donors (Lipinski definition) is 2. The minimum atomic E-state index is -1.01. The van der Waals surface area contributed by atoms with Crippen LogP contribution >= 0.6 is 11.8 Å². The van der Waals surface area contributed by atoms with Crippen LogP contribution in [0, 0.1) is 13.8 Å². The van der Waals surface area contributed by atoms with Crippen molar-refractivity contribution in [2.45, 2.75) is 38.3 Å². The largest absolute Gasteiger partial charge is 0.478 e. The Morgan fingerprint density at radius 3 is 2.59 bits per heavy atom. The molecule has 1 aromatic heterocycles. The van der Waals surface area contributed by atoms with E-state index >= 15 is 0 Å². The third-order valence-electron chi connectivity index (χ3n) is 2.16. The third-order valence-corrected chi connectivity index (χ3v) is 3.17. The first-order valence-electron chi connectivity index (χ1n) is 5.31. The van der Waals surface area contributed by atoms with Crippen molar-refractivity contribution in [3.05, 3.63) is 17.1 Å². The second-order valence-corrected chi connectivity index (χ2v) is 4.91. The molecular formula is C11H16N2O3S. The van der Waals surface area contributed by atoms with E-state index in [0.717, 1.165) is 0 Å². The van der Waals surface area contributed by atoms with Gasteiger partial charge in [-0.05, 0) is 27.2 Å². The Hall–Kier alpha value is -1.14. The summed E-state index contributed by atoms with van der Waals surface area (Å²) in [5, 5.41) is 18.7. The monoisotopic (exact) mass is 256 g/mol. The molecule has 5 nitrogen and oxygen atoms in total. The number of thioether (sulfide) groups is 1. The number of carboxylic acids is 1. The number of aryl methyl sites for hydroxylation is 2. The van der Waals surface area contributed by atoms with Crippen LogP contribution in [0.5, 0.6) is 0 Å². The second kappa shape index (κ2) is 5.97. The lowest BCUT2D eigenvalue weighted by Crippen LogP contribution is -2.09. The molecule has 0 amide bonds. The van der Waals surface area contributed by atoms with E-state index in [9.17, 15) is 4.79 Å². The van der Waals surface area contributed by atoms with E-state index < -0.39 is 5.97 Å². The van der Waals surface area contributed by atoms with Crippen molar-refractivity contribution in [2.24, 2.45) is 0 Å². The molecule has 0 radical (unpaired) electrons. The summed E-state index contributed by atoms with van der Waals surface area (Å²) >= 11 is 1.34. The lowest BCUT2D eigenvalue weighted by Gasteiger charge is -2.09. The van der Waals surface area contributed by atoms with Gasteiger partial charge in [-0.25, -0.2) is 14.8 Å². The van der Waals surface area contributed by atoms with Crippen molar-refractivity contribution < 1.29 is 15.0 Å². The van der Waals surface area contributed by atoms with E-state index in [4.69, 9.17) is 10.2 Å². The van der Waals surface area contributed by atoms with Gasteiger partial charge in [-0.1, -0.05) is 0 Å². The highest BCUT2D eigenvalue weighted by molar-refractivity contribution is 7.99. The SMILES string of the molecule is Cc1nc(C)c(C(=O)O)c(SCCC(C)O)n1. The maximum Gasteiger partial charge on any atom is 0.340 e. The van der Waals surface area contributed by atoms with Crippen molar-refractivity contribution in [3.63, 3.8) is 0 Å². The van der Waals surface area contributed by atoms with E-state index in [1.165, 1.54) is 11.8 Å². The predicted molar refractivity (Wildman–Crippen MR) is 65.5 cm³/mol. The number of aromatic carboxylic acids is 1. The van der Waals surface area contributed by atoms with E-state index in [1.54, 1.807) is 20.8 Å². The number of carbonyl (C=O) groups is 1. The standard InChI is InChI=1S/C11H16N2O3S/c1-6(14)4-5-17-10-9(11(15)16)7(2)12-8(3)13-10/h6,14H,4-5H2,1-3H3,(H,15,16). The molecule has 0 fully saturated rings. The van der Waals surface area contributed by atoms with E-state index in [2.05, 4.69) is 9.97 Å². The first-order chi connectivity index (χ1) is 7.91. The molecule has 0 bridgehead atoms. The van der Waals surface area contributed by atoms with Gasteiger partial charge in [-0.3, -0.25) is 0 Å². The van der Waals surface area contributed by atoms with Gasteiger partial charge in [0.1, 0.15) is 16.4 Å². The molecule has 1 aromatic rings. The molecule has 94 valence electrons. The molecule has 1 atom stereocenters. The molecule has 17 heavy (non-hydrogen) atoms. The zero-order chi connectivity index (χ0) is 13.0. The highest BCUT2D eigenvalue weighted by atomic mass is 32.2. The van der Waals surface area contributed by atoms with Gasteiger partial charge < -0.3 is 10.2 Å². The highest BCUT2D eigenvalue weighted by Gasteiger charge is 2.17. The highest BCUT2D eigenvalue weighted by Crippen LogP contribution is 2.23. The number of aliphatic hydroxyl groups is 1. The molecular weight excluding hydrogens is 240 g/mol.